The zero-order valence-electron chi connectivity index (χ0n) is 7.00. The molecule has 1 heterocycles. The zero-order chi connectivity index (χ0) is 8.55. The highest BCUT2D eigenvalue weighted by atomic mass is 16.3. The van der Waals surface area contributed by atoms with Gasteiger partial charge in [-0.25, -0.2) is 0 Å². The number of aryl methyl sites for hydroxylation is 1. The highest BCUT2D eigenvalue weighted by Gasteiger charge is 1.99. The topological polar surface area (TPSA) is 39.2 Å². The van der Waals surface area contributed by atoms with E-state index in [-0.39, 0.29) is 0 Å². The van der Waals surface area contributed by atoms with Crippen molar-refractivity contribution in [3.8, 4) is 0 Å². The Hall–Kier alpha value is -1.28. The molecule has 0 fully saturated rings. The van der Waals surface area contributed by atoms with Crippen LogP contribution in [0.25, 0.3) is 11.0 Å². The Morgan fingerprint density at radius 2 is 2.17 bits per heavy atom. The second-order valence-electron chi connectivity index (χ2n) is 2.93. The summed E-state index contributed by atoms with van der Waals surface area (Å²) in [5.41, 5.74) is 7.54. The second kappa shape index (κ2) is 2.64. The van der Waals surface area contributed by atoms with Crippen LogP contribution < -0.4 is 5.73 Å². The van der Waals surface area contributed by atoms with Crippen molar-refractivity contribution in [3.05, 3.63) is 35.6 Å². The number of benzene rings is 1. The van der Waals surface area contributed by atoms with Crippen molar-refractivity contribution in [1.82, 2.24) is 0 Å². The fraction of sp³-hybridized carbons (Fsp3) is 0.200. The molecule has 12 heavy (non-hydrogen) atoms. The van der Waals surface area contributed by atoms with E-state index in [1.807, 2.05) is 31.2 Å². The molecule has 0 spiro atoms. The maximum atomic E-state index is 5.51. The van der Waals surface area contributed by atoms with E-state index in [0.717, 1.165) is 22.3 Å². The molecule has 2 N–H and O–H groups in total. The van der Waals surface area contributed by atoms with Crippen LogP contribution in [0.15, 0.2) is 28.7 Å². The molecule has 0 saturated carbocycles. The molecule has 1 aromatic carbocycles. The molecule has 0 aliphatic carbocycles. The summed E-state index contributed by atoms with van der Waals surface area (Å²) in [6.07, 6.45) is 0. The van der Waals surface area contributed by atoms with Crippen molar-refractivity contribution in [1.29, 1.82) is 0 Å². The summed E-state index contributed by atoms with van der Waals surface area (Å²) in [7, 11) is 0. The van der Waals surface area contributed by atoms with Gasteiger partial charge < -0.3 is 10.2 Å². The molecule has 0 radical (unpaired) electrons. The lowest BCUT2D eigenvalue weighted by atomic mass is 10.2. The molecular formula is C10H11NO. The molecule has 62 valence electrons. The van der Waals surface area contributed by atoms with E-state index in [1.54, 1.807) is 0 Å². The summed E-state index contributed by atoms with van der Waals surface area (Å²) in [5, 5.41) is 1.14. The number of rotatable bonds is 1. The number of fused-ring (bicyclic) bond motifs is 1. The Bertz CT molecular complexity index is 403. The third-order valence-electron chi connectivity index (χ3n) is 1.94. The molecule has 2 nitrogen and oxygen atoms in total. The van der Waals surface area contributed by atoms with Crippen LogP contribution in [0.1, 0.15) is 11.3 Å². The van der Waals surface area contributed by atoms with Crippen LogP contribution in [-0.2, 0) is 6.54 Å². The van der Waals surface area contributed by atoms with Crippen LogP contribution in [0.2, 0.25) is 0 Å². The van der Waals surface area contributed by atoms with Crippen LogP contribution in [0.5, 0.6) is 0 Å². The predicted octanol–water partition coefficient (Wildman–Crippen LogP) is 2.20. The fourth-order valence-corrected chi connectivity index (χ4v) is 1.34. The molecule has 2 aromatic rings. The van der Waals surface area contributed by atoms with Gasteiger partial charge in [-0.15, -0.1) is 0 Å². The molecule has 1 aromatic heterocycles. The van der Waals surface area contributed by atoms with Crippen molar-refractivity contribution >= 4 is 11.0 Å². The summed E-state index contributed by atoms with van der Waals surface area (Å²) in [4.78, 5) is 0. The molecule has 0 atom stereocenters. The summed E-state index contributed by atoms with van der Waals surface area (Å²) < 4.78 is 5.45. The number of furan rings is 1. The minimum absolute atomic E-state index is 0.565. The van der Waals surface area contributed by atoms with E-state index in [0.29, 0.717) is 6.54 Å². The Balaban J connectivity index is 2.66. The van der Waals surface area contributed by atoms with Gasteiger partial charge in [0, 0.05) is 11.9 Å². The maximum Gasteiger partial charge on any atom is 0.134 e. The van der Waals surface area contributed by atoms with Crippen molar-refractivity contribution in [2.45, 2.75) is 13.5 Å². The summed E-state index contributed by atoms with van der Waals surface area (Å²) in [6.45, 7) is 2.51. The molecule has 2 heteroatoms. The minimum Gasteiger partial charge on any atom is -0.461 e. The van der Waals surface area contributed by atoms with Crippen LogP contribution in [0.3, 0.4) is 0 Å². The Morgan fingerprint density at radius 3 is 2.92 bits per heavy atom. The lowest BCUT2D eigenvalue weighted by Crippen LogP contribution is -1.94. The van der Waals surface area contributed by atoms with Gasteiger partial charge in [-0.1, -0.05) is 12.1 Å². The van der Waals surface area contributed by atoms with Gasteiger partial charge >= 0.3 is 0 Å². The lowest BCUT2D eigenvalue weighted by molar-refractivity contribution is 0.578. The average Bonchev–Trinajstić information content (AvgIpc) is 2.43. The number of hydrogen-bond acceptors (Lipinski definition) is 2. The predicted molar refractivity (Wildman–Crippen MR) is 48.8 cm³/mol. The number of nitrogens with two attached hydrogens (primary N) is 1. The smallest absolute Gasteiger partial charge is 0.134 e. The van der Waals surface area contributed by atoms with Crippen LogP contribution in [0, 0.1) is 6.92 Å². The maximum absolute atomic E-state index is 5.51. The van der Waals surface area contributed by atoms with Crippen LogP contribution in [0.4, 0.5) is 0 Å². The minimum atomic E-state index is 0.565. The highest BCUT2D eigenvalue weighted by Crippen LogP contribution is 2.19. The van der Waals surface area contributed by atoms with E-state index in [9.17, 15) is 0 Å². The van der Waals surface area contributed by atoms with Crippen molar-refractivity contribution in [3.63, 3.8) is 0 Å². The van der Waals surface area contributed by atoms with Gasteiger partial charge in [0.2, 0.25) is 0 Å². The van der Waals surface area contributed by atoms with E-state index in [2.05, 4.69) is 0 Å². The summed E-state index contributed by atoms with van der Waals surface area (Å²) >= 11 is 0. The molecule has 0 saturated heterocycles. The van der Waals surface area contributed by atoms with Gasteiger partial charge in [0.1, 0.15) is 11.3 Å². The van der Waals surface area contributed by atoms with Crippen molar-refractivity contribution < 1.29 is 4.42 Å². The molecule has 0 bridgehead atoms. The van der Waals surface area contributed by atoms with Crippen LogP contribution >= 0.6 is 0 Å². The van der Waals surface area contributed by atoms with Gasteiger partial charge in [0.05, 0.1) is 0 Å². The summed E-state index contributed by atoms with van der Waals surface area (Å²) in [6, 6.07) is 8.07. The van der Waals surface area contributed by atoms with E-state index < -0.39 is 0 Å². The zero-order valence-corrected chi connectivity index (χ0v) is 7.00. The third kappa shape index (κ3) is 1.10. The van der Waals surface area contributed by atoms with Crippen molar-refractivity contribution in [2.24, 2.45) is 5.73 Å². The van der Waals surface area contributed by atoms with Gasteiger partial charge in [-0.2, -0.15) is 0 Å². The highest BCUT2D eigenvalue weighted by molar-refractivity contribution is 5.78. The number of hydrogen-bond donors (Lipinski definition) is 1. The first-order chi connectivity index (χ1) is 5.79. The average molecular weight is 161 g/mol. The van der Waals surface area contributed by atoms with Gasteiger partial charge in [0.15, 0.2) is 0 Å². The lowest BCUT2D eigenvalue weighted by Gasteiger charge is -1.93. The van der Waals surface area contributed by atoms with Gasteiger partial charge in [-0.3, -0.25) is 0 Å². The molecule has 2 rings (SSSR count). The SMILES string of the molecule is Cc1cc2ccc(CN)cc2o1. The molecule has 0 unspecified atom stereocenters. The standard InChI is InChI=1S/C10H11NO/c1-7-4-9-3-2-8(6-11)5-10(9)12-7/h2-5H,6,11H2,1H3. The first kappa shape index (κ1) is 7.37. The van der Waals surface area contributed by atoms with E-state index in [4.69, 9.17) is 10.2 Å². The second-order valence-corrected chi connectivity index (χ2v) is 2.93. The Morgan fingerprint density at radius 1 is 1.33 bits per heavy atom. The first-order valence-corrected chi connectivity index (χ1v) is 3.99. The quantitative estimate of drug-likeness (QED) is 0.696. The summed E-state index contributed by atoms with van der Waals surface area (Å²) in [5.74, 6) is 0.944. The third-order valence-corrected chi connectivity index (χ3v) is 1.94. The molecular weight excluding hydrogens is 150 g/mol. The Labute approximate surface area is 71.0 Å². The first-order valence-electron chi connectivity index (χ1n) is 3.99. The van der Waals surface area contributed by atoms with Gasteiger partial charge in [0.25, 0.3) is 0 Å². The monoisotopic (exact) mass is 161 g/mol. The Kier molecular flexibility index (Phi) is 1.62. The molecule has 0 aliphatic rings. The largest absolute Gasteiger partial charge is 0.461 e. The molecule has 0 amide bonds. The molecule has 0 aliphatic heterocycles. The normalized spacial score (nSPS) is 10.8. The fourth-order valence-electron chi connectivity index (χ4n) is 1.34. The van der Waals surface area contributed by atoms with E-state index in [1.165, 1.54) is 0 Å². The van der Waals surface area contributed by atoms with Crippen LogP contribution in [-0.4, -0.2) is 0 Å². The van der Waals surface area contributed by atoms with Crippen molar-refractivity contribution in [2.75, 3.05) is 0 Å². The van der Waals surface area contributed by atoms with E-state index >= 15 is 0 Å². The van der Waals surface area contributed by atoms with Gasteiger partial charge in [-0.05, 0) is 24.6 Å².